The van der Waals surface area contributed by atoms with Crippen LogP contribution >= 0.6 is 0 Å². The van der Waals surface area contributed by atoms with Crippen LogP contribution in [0.25, 0.3) is 16.8 Å². The predicted octanol–water partition coefficient (Wildman–Crippen LogP) is -0.957. The van der Waals surface area contributed by atoms with Crippen molar-refractivity contribution in [2.75, 3.05) is 0 Å². The van der Waals surface area contributed by atoms with E-state index < -0.39 is 24.0 Å². The summed E-state index contributed by atoms with van der Waals surface area (Å²) in [5.74, 6) is 0. The Hall–Kier alpha value is -1.04. The van der Waals surface area contributed by atoms with E-state index in [9.17, 15) is 14.0 Å². The van der Waals surface area contributed by atoms with Crippen LogP contribution in [0.2, 0.25) is 0 Å². The van der Waals surface area contributed by atoms with Gasteiger partial charge in [0.05, 0.1) is 0 Å². The molecule has 2 aromatic rings. The molecule has 1 unspecified atom stereocenters. The third-order valence-electron chi connectivity index (χ3n) is 2.77. The molecule has 6 heteroatoms. The molecule has 0 bridgehead atoms. The molecule has 0 amide bonds. The van der Waals surface area contributed by atoms with Gasteiger partial charge in [0.15, 0.2) is 0 Å². The van der Waals surface area contributed by atoms with E-state index in [0.29, 0.717) is 0 Å². The van der Waals surface area contributed by atoms with E-state index in [2.05, 4.69) is 3.37 Å². The molecule has 0 saturated heterocycles. The molecule has 1 aliphatic heterocycles. The Morgan fingerprint density at radius 2 is 1.79 bits per heavy atom. The van der Waals surface area contributed by atoms with Crippen LogP contribution in [-0.2, 0) is 3.37 Å². The van der Waals surface area contributed by atoms with Gasteiger partial charge in [0.25, 0.3) is 0 Å². The van der Waals surface area contributed by atoms with Crippen molar-refractivity contribution in [3.8, 4) is 0 Å². The number of benzene rings is 2. The van der Waals surface area contributed by atoms with Crippen molar-refractivity contribution >= 4 is 35.6 Å². The fourth-order valence-electron chi connectivity index (χ4n) is 2.03. The molecule has 0 aliphatic carbocycles. The summed E-state index contributed by atoms with van der Waals surface area (Å²) in [6, 6.07) is 11.8. The number of halogens is 1. The molecule has 0 N–H and O–H groups in total. The van der Waals surface area contributed by atoms with Crippen molar-refractivity contribution in [3.63, 3.8) is 0 Å². The van der Waals surface area contributed by atoms with Gasteiger partial charge in [-0.05, 0) is 0 Å². The molecular weight excluding hydrogens is 335 g/mol. The van der Waals surface area contributed by atoms with E-state index in [1.54, 1.807) is 9.89 Å². The summed E-state index contributed by atoms with van der Waals surface area (Å²) in [6.07, 6.45) is 1.84. The Morgan fingerprint density at radius 1 is 1.00 bits per heavy atom. The Bertz CT molecular complexity index is 703. The molecule has 2 aromatic carbocycles. The van der Waals surface area contributed by atoms with Gasteiger partial charge in [-0.25, -0.2) is 0 Å². The van der Waals surface area contributed by atoms with E-state index in [1.807, 2.05) is 42.5 Å². The van der Waals surface area contributed by atoms with Crippen molar-refractivity contribution < 1.29 is 27.6 Å². The summed E-state index contributed by atoms with van der Waals surface area (Å²) < 4.78 is 36.3. The Labute approximate surface area is 116 Å². The molecule has 0 fully saturated rings. The zero-order valence-corrected chi connectivity index (χ0v) is 12.1. The van der Waals surface area contributed by atoms with E-state index in [4.69, 9.17) is 0 Å². The summed E-state index contributed by atoms with van der Waals surface area (Å²) >= 11 is -2.14. The molecule has 19 heavy (non-hydrogen) atoms. The molecule has 1 aliphatic rings. The number of fused-ring (bicyclic) bond motifs is 3. The number of rotatable bonds is 2. The Kier molecular flexibility index (Phi) is 3.28. The molecule has 4 nitrogen and oxygen atoms in total. The fraction of sp³-hybridized carbons (Fsp3) is 0. The van der Waals surface area contributed by atoms with Gasteiger partial charge in [0.2, 0.25) is 0 Å². The van der Waals surface area contributed by atoms with E-state index in [1.165, 1.54) is 0 Å². The van der Waals surface area contributed by atoms with Gasteiger partial charge in [-0.15, -0.1) is 0 Å². The van der Waals surface area contributed by atoms with Crippen molar-refractivity contribution in [2.45, 2.75) is 0 Å². The SMILES string of the molecule is [O-][Cl+3]([O-])([O-])O[Se]1=Cc2ccc3ccccc3c2C=C1. The second kappa shape index (κ2) is 4.81. The maximum absolute atomic E-state index is 10.6. The molecule has 1 atom stereocenters. The molecule has 98 valence electrons. The first-order valence-corrected chi connectivity index (χ1v) is 9.32. The van der Waals surface area contributed by atoms with E-state index >= 15 is 0 Å². The summed E-state index contributed by atoms with van der Waals surface area (Å²) in [7, 11) is -4.37. The standard InChI is InChI=1S/C13H9ClO4Se/c15-14(16,17)18-19-8-7-13-11(9-19)6-5-10-3-1-2-4-12(10)13/h1-9H. The average Bonchev–Trinajstić information content (AvgIpc) is 2.36. The average molecular weight is 344 g/mol. The quantitative estimate of drug-likeness (QED) is 0.658. The van der Waals surface area contributed by atoms with Gasteiger partial charge in [0.1, 0.15) is 0 Å². The third-order valence-corrected chi connectivity index (χ3v) is 6.82. The Morgan fingerprint density at radius 3 is 2.58 bits per heavy atom. The second-order valence-electron chi connectivity index (χ2n) is 3.98. The van der Waals surface area contributed by atoms with Crippen LogP contribution in [0.5, 0.6) is 0 Å². The summed E-state index contributed by atoms with van der Waals surface area (Å²) in [5.41, 5.74) is 1.94. The van der Waals surface area contributed by atoms with Crippen LogP contribution in [0.1, 0.15) is 11.1 Å². The first-order chi connectivity index (χ1) is 9.03. The van der Waals surface area contributed by atoms with Gasteiger partial charge in [-0.1, -0.05) is 0 Å². The van der Waals surface area contributed by atoms with Crippen LogP contribution in [0.15, 0.2) is 41.4 Å². The molecule has 0 spiro atoms. The van der Waals surface area contributed by atoms with Gasteiger partial charge in [-0.2, -0.15) is 0 Å². The van der Waals surface area contributed by atoms with Crippen LogP contribution < -0.4 is 14.0 Å². The van der Waals surface area contributed by atoms with Crippen LogP contribution in [0, 0.1) is 10.2 Å². The zero-order valence-electron chi connectivity index (χ0n) is 9.62. The summed E-state index contributed by atoms with van der Waals surface area (Å²) in [4.78, 5) is 3.42. The minimum atomic E-state index is -4.37. The van der Waals surface area contributed by atoms with Gasteiger partial charge in [-0.3, -0.25) is 0 Å². The van der Waals surface area contributed by atoms with Crippen molar-refractivity contribution in [2.24, 2.45) is 0 Å². The summed E-state index contributed by atoms with van der Waals surface area (Å²) in [6.45, 7) is 0. The minimum absolute atomic E-state index is 0.907. The molecule has 0 saturated carbocycles. The van der Waals surface area contributed by atoms with Gasteiger partial charge in [0, 0.05) is 0 Å². The monoisotopic (exact) mass is 344 g/mol. The Balaban J connectivity index is 2.08. The third kappa shape index (κ3) is 2.78. The maximum atomic E-state index is 10.6. The predicted molar refractivity (Wildman–Crippen MR) is 65.0 cm³/mol. The van der Waals surface area contributed by atoms with Crippen molar-refractivity contribution in [1.82, 2.24) is 0 Å². The second-order valence-corrected chi connectivity index (χ2v) is 8.10. The first kappa shape index (κ1) is 13.0. The molecule has 3 rings (SSSR count). The van der Waals surface area contributed by atoms with Crippen LogP contribution in [-0.4, -0.2) is 18.7 Å². The van der Waals surface area contributed by atoms with E-state index in [-0.39, 0.29) is 0 Å². The molecule has 0 radical (unpaired) electrons. The van der Waals surface area contributed by atoms with Crippen LogP contribution in [0.4, 0.5) is 0 Å². The molecule has 0 aromatic heterocycles. The summed E-state index contributed by atoms with van der Waals surface area (Å²) in [5, 5.41) is 2.22. The number of hydrogen-bond acceptors (Lipinski definition) is 4. The molecule has 1 heterocycles. The van der Waals surface area contributed by atoms with Crippen molar-refractivity contribution in [3.05, 3.63) is 52.5 Å². The fourth-order valence-corrected chi connectivity index (χ4v) is 5.59. The molecular formula is C13H9ClO4Se. The number of hydrogen-bond donors (Lipinski definition) is 0. The normalized spacial score (nSPS) is 18.2. The van der Waals surface area contributed by atoms with E-state index in [0.717, 1.165) is 21.9 Å². The topological polar surface area (TPSA) is 78.4 Å². The van der Waals surface area contributed by atoms with Crippen molar-refractivity contribution in [1.29, 1.82) is 0 Å². The van der Waals surface area contributed by atoms with Gasteiger partial charge >= 0.3 is 116 Å². The first-order valence-electron chi connectivity index (χ1n) is 5.40. The van der Waals surface area contributed by atoms with Gasteiger partial charge < -0.3 is 0 Å². The zero-order chi connectivity index (χ0) is 13.5. The van der Waals surface area contributed by atoms with Crippen LogP contribution in [0.3, 0.4) is 0 Å².